The number of thioether (sulfide) groups is 1. The third-order valence-electron chi connectivity index (χ3n) is 1.09. The molecule has 62 valence electrons. The standard InChI is InChI=1S/C6H9NO3S/c1-11-3-2-5(6(9)10)7-4-8/h5H,2-3H2,1H3,(H,9,10). The van der Waals surface area contributed by atoms with Crippen LogP contribution in [0.15, 0.2) is 4.99 Å². The van der Waals surface area contributed by atoms with E-state index < -0.39 is 12.0 Å². The van der Waals surface area contributed by atoms with Crippen molar-refractivity contribution in [2.24, 2.45) is 4.99 Å². The Morgan fingerprint density at radius 1 is 1.82 bits per heavy atom. The Kier molecular flexibility index (Phi) is 5.51. The van der Waals surface area contributed by atoms with E-state index in [1.54, 1.807) is 0 Å². The lowest BCUT2D eigenvalue weighted by Gasteiger charge is -2.01. The summed E-state index contributed by atoms with van der Waals surface area (Å²) >= 11 is 1.52. The largest absolute Gasteiger partial charge is 0.480 e. The normalized spacial score (nSPS) is 11.7. The first-order valence-electron chi connectivity index (χ1n) is 3.01. The van der Waals surface area contributed by atoms with Crippen LogP contribution in [0.25, 0.3) is 0 Å². The van der Waals surface area contributed by atoms with Crippen molar-refractivity contribution in [3.63, 3.8) is 0 Å². The average molecular weight is 175 g/mol. The number of nitrogens with zero attached hydrogens (tertiary/aromatic N) is 1. The van der Waals surface area contributed by atoms with Gasteiger partial charge in [-0.15, -0.1) is 0 Å². The van der Waals surface area contributed by atoms with Gasteiger partial charge in [0.1, 0.15) is 0 Å². The van der Waals surface area contributed by atoms with Crippen LogP contribution in [0.5, 0.6) is 0 Å². The summed E-state index contributed by atoms with van der Waals surface area (Å²) in [5, 5.41) is 8.45. The minimum Gasteiger partial charge on any atom is -0.480 e. The second kappa shape index (κ2) is 5.95. The predicted octanol–water partition coefficient (Wildman–Crippen LogP) is 0.528. The van der Waals surface area contributed by atoms with Gasteiger partial charge in [0.2, 0.25) is 6.08 Å². The molecule has 0 aromatic rings. The molecule has 0 aromatic heterocycles. The summed E-state index contributed by atoms with van der Waals surface area (Å²) < 4.78 is 0. The molecule has 0 saturated carbocycles. The van der Waals surface area contributed by atoms with Crippen molar-refractivity contribution in [1.82, 2.24) is 0 Å². The van der Waals surface area contributed by atoms with Gasteiger partial charge in [0.15, 0.2) is 6.04 Å². The second-order valence-electron chi connectivity index (χ2n) is 1.86. The lowest BCUT2D eigenvalue weighted by molar-refractivity contribution is -0.138. The van der Waals surface area contributed by atoms with Gasteiger partial charge in [-0.3, -0.25) is 0 Å². The molecule has 0 radical (unpaired) electrons. The maximum absolute atomic E-state index is 10.3. The molecule has 0 saturated heterocycles. The lowest BCUT2D eigenvalue weighted by Crippen LogP contribution is -2.18. The lowest BCUT2D eigenvalue weighted by atomic mass is 10.2. The zero-order valence-corrected chi connectivity index (χ0v) is 6.93. The van der Waals surface area contributed by atoms with Crippen LogP contribution in [0.3, 0.4) is 0 Å². The van der Waals surface area contributed by atoms with E-state index in [0.29, 0.717) is 12.2 Å². The zero-order chi connectivity index (χ0) is 8.69. The highest BCUT2D eigenvalue weighted by molar-refractivity contribution is 7.98. The summed E-state index contributed by atoms with van der Waals surface area (Å²) in [4.78, 5) is 23.2. The minimum atomic E-state index is -1.07. The SMILES string of the molecule is CSCCC(N=C=O)C(=O)O. The van der Waals surface area contributed by atoms with Crippen molar-refractivity contribution < 1.29 is 14.7 Å². The quantitative estimate of drug-likeness (QED) is 0.489. The van der Waals surface area contributed by atoms with E-state index in [1.807, 2.05) is 6.26 Å². The molecule has 0 rings (SSSR count). The molecule has 0 aliphatic rings. The van der Waals surface area contributed by atoms with Crippen molar-refractivity contribution in [3.05, 3.63) is 0 Å². The molecule has 0 aliphatic carbocycles. The first kappa shape index (κ1) is 10.2. The van der Waals surface area contributed by atoms with Gasteiger partial charge in [0.05, 0.1) is 0 Å². The highest BCUT2D eigenvalue weighted by atomic mass is 32.2. The maximum atomic E-state index is 10.3. The fourth-order valence-electron chi connectivity index (χ4n) is 0.536. The van der Waals surface area contributed by atoms with Gasteiger partial charge in [0.25, 0.3) is 0 Å². The molecule has 0 aliphatic heterocycles. The number of aliphatic imine (C=N–C) groups is 1. The number of hydrogen-bond donors (Lipinski definition) is 1. The highest BCUT2D eigenvalue weighted by Crippen LogP contribution is 2.03. The number of rotatable bonds is 5. The minimum absolute atomic E-state index is 0.381. The maximum Gasteiger partial charge on any atom is 0.329 e. The fourth-order valence-corrected chi connectivity index (χ4v) is 0.995. The molecular formula is C6H9NO3S. The predicted molar refractivity (Wildman–Crippen MR) is 42.5 cm³/mol. The smallest absolute Gasteiger partial charge is 0.329 e. The van der Waals surface area contributed by atoms with E-state index in [9.17, 15) is 9.59 Å². The summed E-state index contributed by atoms with van der Waals surface area (Å²) in [6.45, 7) is 0. The summed E-state index contributed by atoms with van der Waals surface area (Å²) in [7, 11) is 0. The van der Waals surface area contributed by atoms with Gasteiger partial charge in [-0.25, -0.2) is 9.59 Å². The molecule has 0 fully saturated rings. The number of isocyanates is 1. The third-order valence-corrected chi connectivity index (χ3v) is 1.73. The van der Waals surface area contributed by atoms with Gasteiger partial charge in [-0.1, -0.05) is 0 Å². The molecule has 1 N–H and O–H groups in total. The highest BCUT2D eigenvalue weighted by Gasteiger charge is 2.14. The van der Waals surface area contributed by atoms with E-state index >= 15 is 0 Å². The van der Waals surface area contributed by atoms with E-state index in [1.165, 1.54) is 17.8 Å². The molecule has 0 amide bonds. The van der Waals surface area contributed by atoms with Crippen molar-refractivity contribution in [3.8, 4) is 0 Å². The van der Waals surface area contributed by atoms with Crippen molar-refractivity contribution >= 4 is 23.8 Å². The van der Waals surface area contributed by atoms with Gasteiger partial charge >= 0.3 is 5.97 Å². The molecule has 0 heterocycles. The second-order valence-corrected chi connectivity index (χ2v) is 2.84. The van der Waals surface area contributed by atoms with E-state index in [0.717, 1.165) is 0 Å². The van der Waals surface area contributed by atoms with Crippen LogP contribution in [-0.2, 0) is 9.59 Å². The van der Waals surface area contributed by atoms with Crippen molar-refractivity contribution in [1.29, 1.82) is 0 Å². The first-order chi connectivity index (χ1) is 5.22. The summed E-state index contributed by atoms with van der Waals surface area (Å²) in [5.74, 6) is -0.385. The Morgan fingerprint density at radius 3 is 2.82 bits per heavy atom. The summed E-state index contributed by atoms with van der Waals surface area (Å²) in [6, 6.07) is -0.917. The number of hydrogen-bond acceptors (Lipinski definition) is 4. The average Bonchev–Trinajstić information content (AvgIpc) is 1.97. The van der Waals surface area contributed by atoms with Crippen LogP contribution in [0.2, 0.25) is 0 Å². The number of carbonyl (C=O) groups is 1. The van der Waals surface area contributed by atoms with Crippen LogP contribution < -0.4 is 0 Å². The van der Waals surface area contributed by atoms with Gasteiger partial charge in [-0.05, 0) is 18.4 Å². The Bertz CT molecular complexity index is 175. The summed E-state index contributed by atoms with van der Waals surface area (Å²) in [5.41, 5.74) is 0. The molecule has 4 nitrogen and oxygen atoms in total. The van der Waals surface area contributed by atoms with Crippen molar-refractivity contribution in [2.45, 2.75) is 12.5 Å². The third kappa shape index (κ3) is 4.58. The Hall–Kier alpha value is -0.800. The molecular weight excluding hydrogens is 166 g/mol. The molecule has 5 heteroatoms. The number of carboxylic acids is 1. The van der Waals surface area contributed by atoms with Crippen LogP contribution in [-0.4, -0.2) is 35.2 Å². The molecule has 1 unspecified atom stereocenters. The van der Waals surface area contributed by atoms with Crippen molar-refractivity contribution in [2.75, 3.05) is 12.0 Å². The zero-order valence-electron chi connectivity index (χ0n) is 6.11. The fraction of sp³-hybridized carbons (Fsp3) is 0.667. The van der Waals surface area contributed by atoms with Gasteiger partial charge < -0.3 is 5.11 Å². The molecule has 11 heavy (non-hydrogen) atoms. The van der Waals surface area contributed by atoms with Gasteiger partial charge in [-0.2, -0.15) is 16.8 Å². The van der Waals surface area contributed by atoms with Crippen LogP contribution in [0.1, 0.15) is 6.42 Å². The van der Waals surface area contributed by atoms with E-state index in [-0.39, 0.29) is 0 Å². The van der Waals surface area contributed by atoms with E-state index in [4.69, 9.17) is 5.11 Å². The van der Waals surface area contributed by atoms with E-state index in [2.05, 4.69) is 4.99 Å². The Morgan fingerprint density at radius 2 is 2.45 bits per heavy atom. The molecule has 0 bridgehead atoms. The molecule has 0 aromatic carbocycles. The number of carbonyl (C=O) groups excluding carboxylic acids is 1. The first-order valence-corrected chi connectivity index (χ1v) is 4.40. The van der Waals surface area contributed by atoms with Gasteiger partial charge in [0, 0.05) is 0 Å². The Labute approximate surface area is 68.7 Å². The number of carboxylic acid groups (broad SMARTS) is 1. The van der Waals surface area contributed by atoms with Crippen LogP contribution >= 0.6 is 11.8 Å². The molecule has 0 spiro atoms. The number of aliphatic carboxylic acids is 1. The summed E-state index contributed by atoms with van der Waals surface area (Å²) in [6.07, 6.45) is 3.49. The molecule has 1 atom stereocenters. The van der Waals surface area contributed by atoms with Crippen LogP contribution in [0.4, 0.5) is 0 Å². The monoisotopic (exact) mass is 175 g/mol. The Balaban J connectivity index is 3.89. The van der Waals surface area contributed by atoms with Crippen LogP contribution in [0, 0.1) is 0 Å². The topological polar surface area (TPSA) is 66.7 Å².